The molecule has 1 N–H and O–H groups in total. The maximum Gasteiger partial charge on any atom is 0.255 e. The smallest absolute Gasteiger partial charge is 0.255 e. The first-order chi connectivity index (χ1) is 14.4. The molecule has 162 valence electrons. The molecule has 1 heterocycles. The van der Waals surface area contributed by atoms with E-state index in [1.807, 2.05) is 45.0 Å². The number of hydrogen-bond acceptors (Lipinski definition) is 4. The number of hydrogen-bond donors (Lipinski definition) is 1. The van der Waals surface area contributed by atoms with Crippen LogP contribution in [-0.4, -0.2) is 44.8 Å². The number of carbonyl (C=O) groups excluding carboxylic acids is 1. The molecule has 0 unspecified atom stereocenters. The van der Waals surface area contributed by atoms with E-state index in [0.29, 0.717) is 24.3 Å². The molecule has 0 bridgehead atoms. The molecule has 0 aliphatic carbocycles. The number of benzene rings is 2. The standard InChI is InChI=1S/C23H31N3O3S/c1-4-26(5-2)30(28,29)20-12-13-22(25-14-7-6-8-15-25)21(17-20)24-23(27)19-11-9-10-18(3)16-19/h9-13,16-17H,4-8,14-15H2,1-3H3,(H,24,27). The summed E-state index contributed by atoms with van der Waals surface area (Å²) >= 11 is 0. The molecule has 3 rings (SSSR count). The van der Waals surface area contributed by atoms with Crippen molar-refractivity contribution in [2.75, 3.05) is 36.4 Å². The minimum Gasteiger partial charge on any atom is -0.370 e. The van der Waals surface area contributed by atoms with Crippen molar-refractivity contribution in [3.63, 3.8) is 0 Å². The molecule has 0 atom stereocenters. The van der Waals surface area contributed by atoms with Crippen LogP contribution in [0, 0.1) is 6.92 Å². The highest BCUT2D eigenvalue weighted by atomic mass is 32.2. The Kier molecular flexibility index (Phi) is 7.15. The van der Waals surface area contributed by atoms with Gasteiger partial charge in [-0.3, -0.25) is 4.79 Å². The Morgan fingerprint density at radius 2 is 1.73 bits per heavy atom. The van der Waals surface area contributed by atoms with Gasteiger partial charge in [-0.05, 0) is 56.5 Å². The average molecular weight is 430 g/mol. The van der Waals surface area contributed by atoms with Gasteiger partial charge < -0.3 is 10.2 Å². The quantitative estimate of drug-likeness (QED) is 0.714. The fourth-order valence-electron chi connectivity index (χ4n) is 3.88. The molecular weight excluding hydrogens is 398 g/mol. The predicted octanol–water partition coefficient (Wildman–Crippen LogP) is 4.27. The molecule has 1 aliphatic rings. The molecule has 7 heteroatoms. The number of anilines is 2. The minimum absolute atomic E-state index is 0.200. The number of nitrogens with zero attached hydrogens (tertiary/aromatic N) is 2. The lowest BCUT2D eigenvalue weighted by Gasteiger charge is -2.31. The second kappa shape index (κ2) is 9.62. The number of carbonyl (C=O) groups is 1. The van der Waals surface area contributed by atoms with Gasteiger partial charge in [0.05, 0.1) is 16.3 Å². The first-order valence-corrected chi connectivity index (χ1v) is 12.1. The summed E-state index contributed by atoms with van der Waals surface area (Å²) in [4.78, 5) is 15.3. The molecule has 1 saturated heterocycles. The number of aryl methyl sites for hydroxylation is 1. The topological polar surface area (TPSA) is 69.7 Å². The molecule has 0 saturated carbocycles. The van der Waals surface area contributed by atoms with Crippen molar-refractivity contribution in [2.24, 2.45) is 0 Å². The minimum atomic E-state index is -3.61. The van der Waals surface area contributed by atoms with Crippen molar-refractivity contribution in [2.45, 2.75) is 44.9 Å². The van der Waals surface area contributed by atoms with Gasteiger partial charge in [-0.2, -0.15) is 4.31 Å². The summed E-state index contributed by atoms with van der Waals surface area (Å²) in [6.45, 7) is 8.18. The Bertz CT molecular complexity index is 995. The van der Waals surface area contributed by atoms with Gasteiger partial charge in [-0.25, -0.2) is 8.42 Å². The van der Waals surface area contributed by atoms with E-state index in [1.165, 1.54) is 10.7 Å². The van der Waals surface area contributed by atoms with E-state index in [1.54, 1.807) is 18.2 Å². The highest BCUT2D eigenvalue weighted by Crippen LogP contribution is 2.32. The van der Waals surface area contributed by atoms with E-state index in [-0.39, 0.29) is 10.8 Å². The van der Waals surface area contributed by atoms with Gasteiger partial charge in [-0.1, -0.05) is 31.5 Å². The number of amides is 1. The average Bonchev–Trinajstić information content (AvgIpc) is 2.75. The van der Waals surface area contributed by atoms with Crippen LogP contribution >= 0.6 is 0 Å². The Labute approximate surface area is 179 Å². The molecule has 1 amide bonds. The zero-order valence-corrected chi connectivity index (χ0v) is 18.8. The van der Waals surface area contributed by atoms with Crippen molar-refractivity contribution in [1.29, 1.82) is 0 Å². The molecule has 1 fully saturated rings. The lowest BCUT2D eigenvalue weighted by molar-refractivity contribution is 0.102. The van der Waals surface area contributed by atoms with Crippen LogP contribution in [0.4, 0.5) is 11.4 Å². The van der Waals surface area contributed by atoms with Crippen LogP contribution in [0.15, 0.2) is 47.4 Å². The van der Waals surface area contributed by atoms with E-state index >= 15 is 0 Å². The summed E-state index contributed by atoms with van der Waals surface area (Å²) in [5.74, 6) is -0.241. The Hall–Kier alpha value is -2.38. The van der Waals surface area contributed by atoms with Crippen molar-refractivity contribution in [3.05, 3.63) is 53.6 Å². The van der Waals surface area contributed by atoms with Crippen LogP contribution in [0.5, 0.6) is 0 Å². The fourth-order valence-corrected chi connectivity index (χ4v) is 5.36. The van der Waals surface area contributed by atoms with Gasteiger partial charge in [0.2, 0.25) is 10.0 Å². The molecule has 2 aromatic rings. The summed E-state index contributed by atoms with van der Waals surface area (Å²) in [6, 6.07) is 12.5. The van der Waals surface area contributed by atoms with Gasteiger partial charge in [-0.15, -0.1) is 0 Å². The second-order valence-electron chi connectivity index (χ2n) is 7.64. The van der Waals surface area contributed by atoms with E-state index in [2.05, 4.69) is 10.2 Å². The van der Waals surface area contributed by atoms with Crippen molar-refractivity contribution in [3.8, 4) is 0 Å². The summed E-state index contributed by atoms with van der Waals surface area (Å²) in [5.41, 5.74) is 2.96. The third-order valence-corrected chi connectivity index (χ3v) is 7.58. The molecule has 0 aromatic heterocycles. The summed E-state index contributed by atoms with van der Waals surface area (Å²) < 4.78 is 27.5. The van der Waals surface area contributed by atoms with Crippen LogP contribution in [0.2, 0.25) is 0 Å². The highest BCUT2D eigenvalue weighted by Gasteiger charge is 2.24. The van der Waals surface area contributed by atoms with Gasteiger partial charge in [0.25, 0.3) is 5.91 Å². The molecule has 30 heavy (non-hydrogen) atoms. The lowest BCUT2D eigenvalue weighted by atomic mass is 10.1. The number of piperidine rings is 1. The van der Waals surface area contributed by atoms with Gasteiger partial charge >= 0.3 is 0 Å². The highest BCUT2D eigenvalue weighted by molar-refractivity contribution is 7.89. The first-order valence-electron chi connectivity index (χ1n) is 10.6. The van der Waals surface area contributed by atoms with Crippen molar-refractivity contribution < 1.29 is 13.2 Å². The van der Waals surface area contributed by atoms with Crippen molar-refractivity contribution >= 4 is 27.3 Å². The Morgan fingerprint density at radius 3 is 2.37 bits per heavy atom. The van der Waals surface area contributed by atoms with Crippen LogP contribution < -0.4 is 10.2 Å². The van der Waals surface area contributed by atoms with Gasteiger partial charge in [0, 0.05) is 31.7 Å². The van der Waals surface area contributed by atoms with E-state index in [0.717, 1.165) is 37.2 Å². The zero-order valence-electron chi connectivity index (χ0n) is 18.0. The summed E-state index contributed by atoms with van der Waals surface area (Å²) in [5, 5.41) is 2.98. The number of sulfonamides is 1. The lowest BCUT2D eigenvalue weighted by Crippen LogP contribution is -2.32. The summed E-state index contributed by atoms with van der Waals surface area (Å²) in [6.07, 6.45) is 3.37. The fraction of sp³-hybridized carbons (Fsp3) is 0.435. The maximum atomic E-state index is 13.0. The predicted molar refractivity (Wildman–Crippen MR) is 122 cm³/mol. The summed E-state index contributed by atoms with van der Waals surface area (Å²) in [7, 11) is -3.61. The van der Waals surface area contributed by atoms with Gasteiger partial charge in [0.1, 0.15) is 0 Å². The Balaban J connectivity index is 2.01. The van der Waals surface area contributed by atoms with Crippen LogP contribution in [0.3, 0.4) is 0 Å². The largest absolute Gasteiger partial charge is 0.370 e. The molecule has 6 nitrogen and oxygen atoms in total. The van der Waals surface area contributed by atoms with Crippen LogP contribution in [0.25, 0.3) is 0 Å². The van der Waals surface area contributed by atoms with Gasteiger partial charge in [0.15, 0.2) is 0 Å². The number of rotatable bonds is 7. The third kappa shape index (κ3) is 4.84. The molecule has 0 spiro atoms. The monoisotopic (exact) mass is 429 g/mol. The number of nitrogens with one attached hydrogen (secondary N) is 1. The van der Waals surface area contributed by atoms with Crippen LogP contribution in [0.1, 0.15) is 49.0 Å². The zero-order chi connectivity index (χ0) is 21.7. The Morgan fingerprint density at radius 1 is 1.03 bits per heavy atom. The molecule has 2 aromatic carbocycles. The second-order valence-corrected chi connectivity index (χ2v) is 9.58. The van der Waals surface area contributed by atoms with E-state index in [4.69, 9.17) is 0 Å². The van der Waals surface area contributed by atoms with Crippen LogP contribution in [-0.2, 0) is 10.0 Å². The molecule has 1 aliphatic heterocycles. The normalized spacial score (nSPS) is 14.7. The third-order valence-electron chi connectivity index (χ3n) is 5.54. The van der Waals surface area contributed by atoms with E-state index < -0.39 is 10.0 Å². The van der Waals surface area contributed by atoms with Crippen molar-refractivity contribution in [1.82, 2.24) is 4.31 Å². The first kappa shape index (κ1) is 22.3. The van der Waals surface area contributed by atoms with E-state index in [9.17, 15) is 13.2 Å². The maximum absolute atomic E-state index is 13.0. The molecule has 0 radical (unpaired) electrons. The SMILES string of the molecule is CCN(CC)S(=O)(=O)c1ccc(N2CCCCC2)c(NC(=O)c2cccc(C)c2)c1. The molecular formula is C23H31N3O3S.